The average molecular weight is 240 g/mol. The molecule has 2 aromatic carbocycles. The molecule has 1 saturated heterocycles. The molecule has 94 valence electrons. The summed E-state index contributed by atoms with van der Waals surface area (Å²) in [5.74, 6) is 0. The van der Waals surface area contributed by atoms with Crippen LogP contribution >= 0.6 is 0 Å². The quantitative estimate of drug-likeness (QED) is 0.894. The van der Waals surface area contributed by atoms with Crippen LogP contribution in [0.1, 0.15) is 18.4 Å². The molecule has 1 atom stereocenters. The summed E-state index contributed by atoms with van der Waals surface area (Å²) in [6.07, 6.45) is 2.54. The minimum absolute atomic E-state index is 0.573. The van der Waals surface area contributed by atoms with Crippen LogP contribution in [0.4, 0.5) is 0 Å². The molecule has 1 heterocycles. The van der Waals surface area contributed by atoms with Crippen molar-refractivity contribution in [1.29, 1.82) is 0 Å². The SMILES string of the molecule is NC[C@@H]1CCCN1Cc1cccc2ccccc12. The Morgan fingerprint density at radius 2 is 1.94 bits per heavy atom. The van der Waals surface area contributed by atoms with E-state index < -0.39 is 0 Å². The first-order valence-corrected chi connectivity index (χ1v) is 6.79. The fraction of sp³-hybridized carbons (Fsp3) is 0.375. The molecule has 18 heavy (non-hydrogen) atoms. The first kappa shape index (κ1) is 11.7. The van der Waals surface area contributed by atoms with Gasteiger partial charge in [-0.15, -0.1) is 0 Å². The molecular weight excluding hydrogens is 220 g/mol. The van der Waals surface area contributed by atoms with Crippen molar-refractivity contribution < 1.29 is 0 Å². The summed E-state index contributed by atoms with van der Waals surface area (Å²) in [6.45, 7) is 3.00. The number of fused-ring (bicyclic) bond motifs is 1. The molecule has 0 spiro atoms. The van der Waals surface area contributed by atoms with Crippen molar-refractivity contribution in [2.75, 3.05) is 13.1 Å². The largest absolute Gasteiger partial charge is 0.329 e. The summed E-state index contributed by atoms with van der Waals surface area (Å²) in [5, 5.41) is 2.71. The molecule has 1 aliphatic rings. The molecule has 2 N–H and O–H groups in total. The van der Waals surface area contributed by atoms with Gasteiger partial charge in [-0.3, -0.25) is 4.90 Å². The van der Waals surface area contributed by atoms with Crippen molar-refractivity contribution in [3.8, 4) is 0 Å². The van der Waals surface area contributed by atoms with Gasteiger partial charge in [-0.25, -0.2) is 0 Å². The van der Waals surface area contributed by atoms with Crippen LogP contribution in [-0.4, -0.2) is 24.0 Å². The Morgan fingerprint density at radius 3 is 2.83 bits per heavy atom. The van der Waals surface area contributed by atoms with Crippen LogP contribution in [0.3, 0.4) is 0 Å². The Bertz CT molecular complexity index is 530. The van der Waals surface area contributed by atoms with E-state index >= 15 is 0 Å². The van der Waals surface area contributed by atoms with Gasteiger partial charge in [0.2, 0.25) is 0 Å². The van der Waals surface area contributed by atoms with Crippen LogP contribution in [0.2, 0.25) is 0 Å². The molecule has 0 aliphatic carbocycles. The Labute approximate surface area is 108 Å². The van der Waals surface area contributed by atoms with E-state index in [-0.39, 0.29) is 0 Å². The van der Waals surface area contributed by atoms with Crippen LogP contribution in [-0.2, 0) is 6.54 Å². The van der Waals surface area contributed by atoms with Gasteiger partial charge in [-0.2, -0.15) is 0 Å². The van der Waals surface area contributed by atoms with E-state index in [0.717, 1.165) is 13.1 Å². The number of nitrogens with zero attached hydrogens (tertiary/aromatic N) is 1. The highest BCUT2D eigenvalue weighted by Gasteiger charge is 2.23. The summed E-state index contributed by atoms with van der Waals surface area (Å²) >= 11 is 0. The number of rotatable bonds is 3. The van der Waals surface area contributed by atoms with E-state index in [1.807, 2.05) is 0 Å². The second kappa shape index (κ2) is 5.09. The molecule has 0 amide bonds. The molecule has 0 unspecified atom stereocenters. The predicted molar refractivity (Wildman–Crippen MR) is 76.4 cm³/mol. The average Bonchev–Trinajstić information content (AvgIpc) is 2.86. The summed E-state index contributed by atoms with van der Waals surface area (Å²) in [4.78, 5) is 2.53. The highest BCUT2D eigenvalue weighted by Crippen LogP contribution is 2.24. The molecule has 0 aromatic heterocycles. The highest BCUT2D eigenvalue weighted by molar-refractivity contribution is 5.85. The highest BCUT2D eigenvalue weighted by atomic mass is 15.2. The van der Waals surface area contributed by atoms with Gasteiger partial charge in [-0.1, -0.05) is 42.5 Å². The summed E-state index contributed by atoms with van der Waals surface area (Å²) in [7, 11) is 0. The van der Waals surface area contributed by atoms with Gasteiger partial charge in [0.15, 0.2) is 0 Å². The minimum atomic E-state index is 0.573. The zero-order valence-corrected chi connectivity index (χ0v) is 10.7. The maximum Gasteiger partial charge on any atom is 0.0243 e. The van der Waals surface area contributed by atoms with Crippen molar-refractivity contribution in [3.05, 3.63) is 48.0 Å². The predicted octanol–water partition coefficient (Wildman–Crippen LogP) is 2.76. The van der Waals surface area contributed by atoms with Crippen LogP contribution in [0.25, 0.3) is 10.8 Å². The first-order chi connectivity index (χ1) is 8.88. The second-order valence-electron chi connectivity index (χ2n) is 5.14. The topological polar surface area (TPSA) is 29.3 Å². The van der Waals surface area contributed by atoms with E-state index in [1.165, 1.54) is 35.7 Å². The second-order valence-corrected chi connectivity index (χ2v) is 5.14. The zero-order chi connectivity index (χ0) is 12.4. The fourth-order valence-electron chi connectivity index (χ4n) is 3.02. The van der Waals surface area contributed by atoms with Crippen molar-refractivity contribution in [3.63, 3.8) is 0 Å². The molecule has 1 fully saturated rings. The molecule has 0 bridgehead atoms. The number of likely N-dealkylation sites (tertiary alicyclic amines) is 1. The van der Waals surface area contributed by atoms with Crippen LogP contribution in [0.15, 0.2) is 42.5 Å². The third-order valence-electron chi connectivity index (χ3n) is 4.02. The van der Waals surface area contributed by atoms with Gasteiger partial charge in [0.05, 0.1) is 0 Å². The smallest absolute Gasteiger partial charge is 0.0243 e. The number of benzene rings is 2. The Kier molecular flexibility index (Phi) is 3.31. The number of hydrogen-bond donors (Lipinski definition) is 1. The summed E-state index contributed by atoms with van der Waals surface area (Å²) in [6, 6.07) is 15.8. The van der Waals surface area contributed by atoms with E-state index in [4.69, 9.17) is 5.73 Å². The number of hydrogen-bond acceptors (Lipinski definition) is 2. The zero-order valence-electron chi connectivity index (χ0n) is 10.7. The van der Waals surface area contributed by atoms with Gasteiger partial charge >= 0.3 is 0 Å². The van der Waals surface area contributed by atoms with Crippen LogP contribution in [0.5, 0.6) is 0 Å². The molecule has 2 aromatic rings. The maximum atomic E-state index is 5.85. The van der Waals surface area contributed by atoms with Crippen molar-refractivity contribution >= 4 is 10.8 Å². The van der Waals surface area contributed by atoms with E-state index in [0.29, 0.717) is 6.04 Å². The number of nitrogens with two attached hydrogens (primary N) is 1. The molecular formula is C16H20N2. The summed E-state index contributed by atoms with van der Waals surface area (Å²) in [5.41, 5.74) is 7.27. The Morgan fingerprint density at radius 1 is 1.11 bits per heavy atom. The molecule has 0 radical (unpaired) electrons. The Hall–Kier alpha value is -1.38. The monoisotopic (exact) mass is 240 g/mol. The summed E-state index contributed by atoms with van der Waals surface area (Å²) < 4.78 is 0. The first-order valence-electron chi connectivity index (χ1n) is 6.79. The third-order valence-corrected chi connectivity index (χ3v) is 4.02. The van der Waals surface area contributed by atoms with E-state index in [9.17, 15) is 0 Å². The molecule has 2 nitrogen and oxygen atoms in total. The molecule has 1 aliphatic heterocycles. The van der Waals surface area contributed by atoms with Crippen LogP contribution < -0.4 is 5.73 Å². The lowest BCUT2D eigenvalue weighted by Gasteiger charge is -2.23. The molecule has 2 heteroatoms. The van der Waals surface area contributed by atoms with Crippen molar-refractivity contribution in [2.24, 2.45) is 5.73 Å². The maximum absolute atomic E-state index is 5.85. The normalized spacial score (nSPS) is 20.6. The van der Waals surface area contributed by atoms with Gasteiger partial charge in [0.1, 0.15) is 0 Å². The Balaban J connectivity index is 1.90. The lowest BCUT2D eigenvalue weighted by Crippen LogP contribution is -2.34. The standard InChI is InChI=1S/C16H20N2/c17-11-15-8-4-10-18(15)12-14-7-3-6-13-5-1-2-9-16(13)14/h1-3,5-7,9,15H,4,8,10-12,17H2/t15-/m0/s1. The van der Waals surface area contributed by atoms with Crippen molar-refractivity contribution in [2.45, 2.75) is 25.4 Å². The van der Waals surface area contributed by atoms with Gasteiger partial charge in [-0.05, 0) is 35.7 Å². The third kappa shape index (κ3) is 2.14. The minimum Gasteiger partial charge on any atom is -0.329 e. The van der Waals surface area contributed by atoms with Gasteiger partial charge in [0.25, 0.3) is 0 Å². The molecule has 0 saturated carbocycles. The van der Waals surface area contributed by atoms with E-state index in [1.54, 1.807) is 0 Å². The van der Waals surface area contributed by atoms with Gasteiger partial charge in [0, 0.05) is 19.1 Å². The van der Waals surface area contributed by atoms with Crippen molar-refractivity contribution in [1.82, 2.24) is 4.90 Å². The van der Waals surface area contributed by atoms with E-state index in [2.05, 4.69) is 47.4 Å². The fourth-order valence-corrected chi connectivity index (χ4v) is 3.02. The van der Waals surface area contributed by atoms with Crippen LogP contribution in [0, 0.1) is 0 Å². The lowest BCUT2D eigenvalue weighted by atomic mass is 10.0. The van der Waals surface area contributed by atoms with Gasteiger partial charge < -0.3 is 5.73 Å². The lowest BCUT2D eigenvalue weighted by molar-refractivity contribution is 0.251. The molecule has 3 rings (SSSR count).